The average molecular weight is 712 g/mol. The van der Waals surface area contributed by atoms with Crippen LogP contribution in [0.15, 0.2) is 200 Å². The zero-order valence-corrected chi connectivity index (χ0v) is 30.4. The molecule has 0 saturated carbocycles. The number of hydrogen-bond acceptors (Lipinski definition) is 3. The number of rotatable bonds is 6. The summed E-state index contributed by atoms with van der Waals surface area (Å²) in [5.74, 6) is 0.689. The van der Waals surface area contributed by atoms with E-state index in [0.29, 0.717) is 5.82 Å². The van der Waals surface area contributed by atoms with E-state index in [1.807, 2.05) is 30.5 Å². The summed E-state index contributed by atoms with van der Waals surface area (Å²) in [6.45, 7) is 0. The van der Waals surface area contributed by atoms with Crippen molar-refractivity contribution in [2.45, 2.75) is 0 Å². The van der Waals surface area contributed by atoms with Gasteiger partial charge in [-0.05, 0) is 119 Å². The third kappa shape index (κ3) is 5.57. The lowest BCUT2D eigenvalue weighted by Gasteiger charge is -2.17. The Bertz CT molecular complexity index is 3230. The van der Waals surface area contributed by atoms with E-state index in [-0.39, 0.29) is 0 Å². The smallest absolute Gasteiger partial charge is 0.160 e. The molecule has 3 heteroatoms. The van der Waals surface area contributed by atoms with Gasteiger partial charge in [-0.25, -0.2) is 9.97 Å². The third-order valence-corrected chi connectivity index (χ3v) is 11.1. The molecule has 260 valence electrons. The second-order valence-electron chi connectivity index (χ2n) is 14.5. The third-order valence-electron chi connectivity index (χ3n) is 11.1. The van der Waals surface area contributed by atoms with Crippen LogP contribution in [-0.4, -0.2) is 15.0 Å². The van der Waals surface area contributed by atoms with Gasteiger partial charge in [0.1, 0.15) is 0 Å². The minimum atomic E-state index is 0.689. The van der Waals surface area contributed by atoms with Crippen LogP contribution < -0.4 is 0 Å². The lowest BCUT2D eigenvalue weighted by atomic mass is 9.87. The maximum absolute atomic E-state index is 5.30. The van der Waals surface area contributed by atoms with Gasteiger partial charge >= 0.3 is 0 Å². The first-order valence-corrected chi connectivity index (χ1v) is 19.0. The van der Waals surface area contributed by atoms with Crippen molar-refractivity contribution >= 4 is 43.1 Å². The predicted octanol–water partition coefficient (Wildman–Crippen LogP) is 13.9. The van der Waals surface area contributed by atoms with Gasteiger partial charge in [-0.3, -0.25) is 4.98 Å². The van der Waals surface area contributed by atoms with Gasteiger partial charge in [0.25, 0.3) is 0 Å². The van der Waals surface area contributed by atoms with Gasteiger partial charge in [0.05, 0.1) is 11.4 Å². The number of pyridine rings is 1. The molecule has 2 heterocycles. The molecule has 3 nitrogen and oxygen atoms in total. The number of benzene rings is 9. The van der Waals surface area contributed by atoms with Crippen LogP contribution in [0.3, 0.4) is 0 Å². The van der Waals surface area contributed by atoms with Gasteiger partial charge in [-0.2, -0.15) is 0 Å². The summed E-state index contributed by atoms with van der Waals surface area (Å²) in [6.07, 6.45) is 3.70. The summed E-state index contributed by atoms with van der Waals surface area (Å²) in [7, 11) is 0. The summed E-state index contributed by atoms with van der Waals surface area (Å²) >= 11 is 0. The highest BCUT2D eigenvalue weighted by Crippen LogP contribution is 2.43. The van der Waals surface area contributed by atoms with Crippen molar-refractivity contribution in [1.29, 1.82) is 0 Å². The molecule has 0 radical (unpaired) electrons. The fourth-order valence-electron chi connectivity index (χ4n) is 8.29. The second kappa shape index (κ2) is 13.1. The van der Waals surface area contributed by atoms with Gasteiger partial charge in [0.15, 0.2) is 5.82 Å². The Hall–Kier alpha value is -7.49. The number of nitrogens with zero attached hydrogens (tertiary/aromatic N) is 3. The van der Waals surface area contributed by atoms with E-state index in [9.17, 15) is 0 Å². The molecule has 0 N–H and O–H groups in total. The molecule has 0 fully saturated rings. The minimum absolute atomic E-state index is 0.689. The summed E-state index contributed by atoms with van der Waals surface area (Å²) in [4.78, 5) is 14.8. The molecule has 0 aliphatic rings. The first-order valence-electron chi connectivity index (χ1n) is 19.0. The van der Waals surface area contributed by atoms with Crippen molar-refractivity contribution in [1.82, 2.24) is 15.0 Å². The van der Waals surface area contributed by atoms with E-state index in [4.69, 9.17) is 9.97 Å². The van der Waals surface area contributed by atoms with Gasteiger partial charge in [-0.1, -0.05) is 146 Å². The molecular weight excluding hydrogens is 679 g/mol. The van der Waals surface area contributed by atoms with Crippen LogP contribution >= 0.6 is 0 Å². The largest absolute Gasteiger partial charge is 0.264 e. The van der Waals surface area contributed by atoms with Crippen molar-refractivity contribution < 1.29 is 0 Å². The fraction of sp³-hybridized carbons (Fsp3) is 0. The first-order chi connectivity index (χ1) is 27.7. The average Bonchev–Trinajstić information content (AvgIpc) is 3.28. The molecule has 11 aromatic rings. The predicted molar refractivity (Wildman–Crippen MR) is 234 cm³/mol. The zero-order chi connectivity index (χ0) is 37.0. The molecule has 11 rings (SSSR count). The van der Waals surface area contributed by atoms with Crippen molar-refractivity contribution in [3.63, 3.8) is 0 Å². The molecule has 0 saturated heterocycles. The lowest BCUT2D eigenvalue weighted by molar-refractivity contribution is 1.18. The first kappa shape index (κ1) is 32.0. The van der Waals surface area contributed by atoms with E-state index in [1.165, 1.54) is 48.7 Å². The molecule has 0 aliphatic heterocycles. The molecule has 0 atom stereocenters. The van der Waals surface area contributed by atoms with Crippen LogP contribution in [0.25, 0.3) is 110 Å². The highest BCUT2D eigenvalue weighted by Gasteiger charge is 2.17. The van der Waals surface area contributed by atoms with Crippen LogP contribution in [-0.2, 0) is 0 Å². The Kier molecular flexibility index (Phi) is 7.49. The van der Waals surface area contributed by atoms with Gasteiger partial charge in [0.2, 0.25) is 0 Å². The van der Waals surface area contributed by atoms with E-state index in [0.717, 1.165) is 55.9 Å². The highest BCUT2D eigenvalue weighted by atomic mass is 14.9. The maximum atomic E-state index is 5.30. The molecule has 0 amide bonds. The summed E-state index contributed by atoms with van der Waals surface area (Å²) in [5, 5.41) is 10.1. The van der Waals surface area contributed by atoms with Crippen LogP contribution in [0.4, 0.5) is 0 Å². The van der Waals surface area contributed by atoms with Crippen LogP contribution in [0.1, 0.15) is 0 Å². The standard InChI is InChI=1S/C53H33N3/c1-2-10-39(11-3-1)53-55-49(36-21-18-35(19-22-36)43-16-8-26-54-33-43)32-50(56-53)46-29-44(41-25-20-34-9-4-5-12-40(34)27-41)28-45(30-46)48-31-42-15-6-13-37-23-24-38-14-7-17-47(48)52(38)51(37)42/h1-33H. The summed E-state index contributed by atoms with van der Waals surface area (Å²) < 4.78 is 0. The molecule has 0 aliphatic carbocycles. The molecule has 0 unspecified atom stereocenters. The fourth-order valence-corrected chi connectivity index (χ4v) is 8.29. The van der Waals surface area contributed by atoms with Crippen molar-refractivity contribution in [3.05, 3.63) is 200 Å². The number of aromatic nitrogens is 3. The number of fused-ring (bicyclic) bond motifs is 1. The van der Waals surface area contributed by atoms with Gasteiger partial charge < -0.3 is 0 Å². The Balaban J connectivity index is 1.15. The van der Waals surface area contributed by atoms with E-state index < -0.39 is 0 Å². The van der Waals surface area contributed by atoms with Crippen LogP contribution in [0, 0.1) is 0 Å². The second-order valence-corrected chi connectivity index (χ2v) is 14.5. The van der Waals surface area contributed by atoms with Crippen molar-refractivity contribution in [2.24, 2.45) is 0 Å². The minimum Gasteiger partial charge on any atom is -0.264 e. The Morgan fingerprint density at radius 1 is 0.304 bits per heavy atom. The summed E-state index contributed by atoms with van der Waals surface area (Å²) in [5.41, 5.74) is 11.6. The molecule has 56 heavy (non-hydrogen) atoms. The van der Waals surface area contributed by atoms with Crippen LogP contribution in [0.2, 0.25) is 0 Å². The Morgan fingerprint density at radius 2 is 0.929 bits per heavy atom. The SMILES string of the molecule is c1ccc(-c2nc(-c3ccc(-c4cccnc4)cc3)cc(-c3cc(-c4ccc5ccccc5c4)cc(-c4cc5cccc6ccc7cccc4c7c65)c3)n2)cc1. The van der Waals surface area contributed by atoms with Crippen LogP contribution in [0.5, 0.6) is 0 Å². The molecule has 9 aromatic carbocycles. The van der Waals surface area contributed by atoms with E-state index in [1.54, 1.807) is 6.20 Å². The molecule has 2 aromatic heterocycles. The maximum Gasteiger partial charge on any atom is 0.160 e. The molecule has 0 bridgehead atoms. The number of hydrogen-bond donors (Lipinski definition) is 0. The van der Waals surface area contributed by atoms with Crippen molar-refractivity contribution in [3.8, 4) is 67.3 Å². The topological polar surface area (TPSA) is 38.7 Å². The highest BCUT2D eigenvalue weighted by molar-refractivity contribution is 6.26. The molecular formula is C53H33N3. The van der Waals surface area contributed by atoms with Crippen molar-refractivity contribution in [2.75, 3.05) is 0 Å². The van der Waals surface area contributed by atoms with Gasteiger partial charge in [0, 0.05) is 29.1 Å². The Labute approximate surface area is 324 Å². The summed E-state index contributed by atoms with van der Waals surface area (Å²) in [6, 6.07) is 67.5. The quantitative estimate of drug-likeness (QED) is 0.161. The van der Waals surface area contributed by atoms with E-state index >= 15 is 0 Å². The van der Waals surface area contributed by atoms with Gasteiger partial charge in [-0.15, -0.1) is 0 Å². The normalized spacial score (nSPS) is 11.6. The molecule has 0 spiro atoms. The Morgan fingerprint density at radius 3 is 1.75 bits per heavy atom. The monoisotopic (exact) mass is 711 g/mol. The zero-order valence-electron chi connectivity index (χ0n) is 30.4. The lowest BCUT2D eigenvalue weighted by Crippen LogP contribution is -1.97. The van der Waals surface area contributed by atoms with E-state index in [2.05, 4.69) is 169 Å².